The Labute approximate surface area is 145 Å². The van der Waals surface area contributed by atoms with Gasteiger partial charge in [-0.3, -0.25) is 9.59 Å². The predicted molar refractivity (Wildman–Crippen MR) is 90.4 cm³/mol. The number of rotatable bonds is 3. The number of benzene rings is 1. The molecule has 1 aliphatic heterocycles. The van der Waals surface area contributed by atoms with E-state index in [1.54, 1.807) is 17.0 Å². The van der Waals surface area contributed by atoms with E-state index in [1.807, 2.05) is 0 Å². The van der Waals surface area contributed by atoms with Gasteiger partial charge in [0.25, 0.3) is 5.91 Å². The molecule has 1 aromatic carbocycles. The van der Waals surface area contributed by atoms with Crippen molar-refractivity contribution >= 4 is 5.91 Å². The van der Waals surface area contributed by atoms with Gasteiger partial charge in [-0.2, -0.15) is 0 Å². The molecule has 1 amide bonds. The molecule has 0 radical (unpaired) electrons. The third-order valence-electron chi connectivity index (χ3n) is 4.59. The molecule has 3 rings (SSSR count). The van der Waals surface area contributed by atoms with E-state index in [0.717, 1.165) is 31.1 Å². The summed E-state index contributed by atoms with van der Waals surface area (Å²) in [5, 5.41) is 0. The van der Waals surface area contributed by atoms with Crippen molar-refractivity contribution in [3.8, 4) is 5.75 Å². The van der Waals surface area contributed by atoms with Crippen LogP contribution in [0.5, 0.6) is 5.75 Å². The smallest absolute Gasteiger partial charge is 0.289 e. The van der Waals surface area contributed by atoms with Crippen LogP contribution < -0.4 is 10.2 Å². The molecule has 1 atom stereocenters. The Bertz CT molecular complexity index is 800. The number of halogens is 1. The van der Waals surface area contributed by atoms with Gasteiger partial charge in [0.05, 0.1) is 7.11 Å². The van der Waals surface area contributed by atoms with Gasteiger partial charge < -0.3 is 14.1 Å². The molecule has 0 N–H and O–H groups in total. The second kappa shape index (κ2) is 7.51. The maximum Gasteiger partial charge on any atom is 0.289 e. The number of nitrogens with zero attached hydrogens (tertiary/aromatic N) is 1. The van der Waals surface area contributed by atoms with Gasteiger partial charge in [-0.25, -0.2) is 4.39 Å². The number of carbonyl (C=O) groups is 1. The Kier molecular flexibility index (Phi) is 5.16. The molecular weight excluding hydrogens is 325 g/mol. The SMILES string of the molecule is COc1coc(C(=O)N2CCC[C@H](c3ccc(F)cc3)CC2)cc1=O. The summed E-state index contributed by atoms with van der Waals surface area (Å²) in [5.41, 5.74) is 0.711. The molecule has 1 saturated heterocycles. The van der Waals surface area contributed by atoms with Crippen LogP contribution in [0.4, 0.5) is 4.39 Å². The zero-order valence-electron chi connectivity index (χ0n) is 14.0. The van der Waals surface area contributed by atoms with Crippen LogP contribution >= 0.6 is 0 Å². The number of hydrogen-bond donors (Lipinski definition) is 0. The van der Waals surface area contributed by atoms with Crippen LogP contribution in [0.25, 0.3) is 0 Å². The lowest BCUT2D eigenvalue weighted by Gasteiger charge is -2.20. The van der Waals surface area contributed by atoms with Crippen molar-refractivity contribution in [2.24, 2.45) is 0 Å². The molecule has 0 bridgehead atoms. The lowest BCUT2D eigenvalue weighted by Crippen LogP contribution is -2.32. The predicted octanol–water partition coefficient (Wildman–Crippen LogP) is 3.20. The Balaban J connectivity index is 1.70. The summed E-state index contributed by atoms with van der Waals surface area (Å²) in [6, 6.07) is 7.72. The van der Waals surface area contributed by atoms with Gasteiger partial charge in [0.1, 0.15) is 12.1 Å². The van der Waals surface area contributed by atoms with E-state index in [0.29, 0.717) is 19.0 Å². The van der Waals surface area contributed by atoms with Crippen molar-refractivity contribution in [2.75, 3.05) is 20.2 Å². The molecule has 132 valence electrons. The van der Waals surface area contributed by atoms with Gasteiger partial charge >= 0.3 is 0 Å². The number of amides is 1. The van der Waals surface area contributed by atoms with Gasteiger partial charge in [-0.05, 0) is 42.9 Å². The first-order valence-corrected chi connectivity index (χ1v) is 8.30. The van der Waals surface area contributed by atoms with E-state index in [4.69, 9.17) is 9.15 Å². The first kappa shape index (κ1) is 17.2. The fraction of sp³-hybridized carbons (Fsp3) is 0.368. The zero-order chi connectivity index (χ0) is 17.8. The maximum atomic E-state index is 13.1. The fourth-order valence-electron chi connectivity index (χ4n) is 3.18. The minimum Gasteiger partial charge on any atom is -0.490 e. The van der Waals surface area contributed by atoms with Crippen LogP contribution in [0.3, 0.4) is 0 Å². The van der Waals surface area contributed by atoms with Crippen molar-refractivity contribution in [3.63, 3.8) is 0 Å². The van der Waals surface area contributed by atoms with Crippen molar-refractivity contribution < 1.29 is 18.3 Å². The largest absolute Gasteiger partial charge is 0.490 e. The van der Waals surface area contributed by atoms with E-state index < -0.39 is 0 Å². The topological polar surface area (TPSA) is 59.8 Å². The maximum absolute atomic E-state index is 13.1. The zero-order valence-corrected chi connectivity index (χ0v) is 14.0. The molecule has 1 aromatic heterocycles. The lowest BCUT2D eigenvalue weighted by molar-refractivity contribution is 0.0725. The molecule has 0 saturated carbocycles. The number of carbonyl (C=O) groups excluding carboxylic acids is 1. The van der Waals surface area contributed by atoms with Gasteiger partial charge in [-0.1, -0.05) is 12.1 Å². The van der Waals surface area contributed by atoms with Crippen LogP contribution in [0.1, 0.15) is 41.3 Å². The molecular formula is C19H20FNO4. The van der Waals surface area contributed by atoms with E-state index in [2.05, 4.69) is 0 Å². The minimum atomic E-state index is -0.379. The Morgan fingerprint density at radius 2 is 2.00 bits per heavy atom. The molecule has 25 heavy (non-hydrogen) atoms. The first-order valence-electron chi connectivity index (χ1n) is 8.30. The van der Waals surface area contributed by atoms with Crippen molar-refractivity contribution in [2.45, 2.75) is 25.2 Å². The van der Waals surface area contributed by atoms with Crippen LogP contribution in [0.2, 0.25) is 0 Å². The standard InChI is InChI=1S/C19H20FNO4/c1-24-18-12-25-17(11-16(18)22)19(23)21-9-2-3-13(8-10-21)14-4-6-15(20)7-5-14/h4-7,11-13H,2-3,8-10H2,1H3/t13-/m0/s1. The molecule has 5 nitrogen and oxygen atoms in total. The monoisotopic (exact) mass is 345 g/mol. The molecule has 0 aliphatic carbocycles. The van der Waals surface area contributed by atoms with E-state index >= 15 is 0 Å². The molecule has 0 unspecified atom stereocenters. The highest BCUT2D eigenvalue weighted by Gasteiger charge is 2.24. The third kappa shape index (κ3) is 3.90. The molecule has 2 heterocycles. The quantitative estimate of drug-likeness (QED) is 0.857. The van der Waals surface area contributed by atoms with Crippen LogP contribution in [-0.4, -0.2) is 31.0 Å². The third-order valence-corrected chi connectivity index (χ3v) is 4.59. The Morgan fingerprint density at radius 3 is 2.68 bits per heavy atom. The van der Waals surface area contributed by atoms with Crippen LogP contribution in [-0.2, 0) is 0 Å². The molecule has 1 aliphatic rings. The number of methoxy groups -OCH3 is 1. The number of likely N-dealkylation sites (tertiary alicyclic amines) is 1. The van der Waals surface area contributed by atoms with Gasteiger partial charge in [-0.15, -0.1) is 0 Å². The Hall–Kier alpha value is -2.63. The number of ether oxygens (including phenoxy) is 1. The highest BCUT2D eigenvalue weighted by atomic mass is 19.1. The molecule has 2 aromatic rings. The van der Waals surface area contributed by atoms with Gasteiger partial charge in [0, 0.05) is 19.2 Å². The fourth-order valence-corrected chi connectivity index (χ4v) is 3.18. The summed E-state index contributed by atoms with van der Waals surface area (Å²) in [6.07, 6.45) is 3.72. The summed E-state index contributed by atoms with van der Waals surface area (Å²) in [4.78, 5) is 26.1. The van der Waals surface area contributed by atoms with Crippen molar-refractivity contribution in [1.82, 2.24) is 4.90 Å². The molecule has 6 heteroatoms. The average Bonchev–Trinajstić information content (AvgIpc) is 2.88. The summed E-state index contributed by atoms with van der Waals surface area (Å²) < 4.78 is 23.2. The first-order chi connectivity index (χ1) is 12.1. The normalized spacial score (nSPS) is 17.8. The molecule has 0 spiro atoms. The second-order valence-electron chi connectivity index (χ2n) is 6.15. The minimum absolute atomic E-state index is 0.0195. The second-order valence-corrected chi connectivity index (χ2v) is 6.15. The van der Waals surface area contributed by atoms with Crippen LogP contribution in [0, 0.1) is 5.82 Å². The summed E-state index contributed by atoms with van der Waals surface area (Å²) in [6.45, 7) is 1.17. The average molecular weight is 345 g/mol. The summed E-state index contributed by atoms with van der Waals surface area (Å²) in [5.74, 6) is -0.153. The summed E-state index contributed by atoms with van der Waals surface area (Å²) >= 11 is 0. The van der Waals surface area contributed by atoms with E-state index in [-0.39, 0.29) is 28.7 Å². The molecule has 1 fully saturated rings. The summed E-state index contributed by atoms with van der Waals surface area (Å²) in [7, 11) is 1.37. The number of hydrogen-bond acceptors (Lipinski definition) is 4. The Morgan fingerprint density at radius 1 is 1.24 bits per heavy atom. The van der Waals surface area contributed by atoms with Crippen LogP contribution in [0.15, 0.2) is 45.8 Å². The van der Waals surface area contributed by atoms with E-state index in [1.165, 1.54) is 25.3 Å². The van der Waals surface area contributed by atoms with Gasteiger partial charge in [0.2, 0.25) is 11.2 Å². The lowest BCUT2D eigenvalue weighted by atomic mass is 9.92. The van der Waals surface area contributed by atoms with Gasteiger partial charge in [0.15, 0.2) is 5.76 Å². The van der Waals surface area contributed by atoms with E-state index in [9.17, 15) is 14.0 Å². The highest BCUT2D eigenvalue weighted by Crippen LogP contribution is 2.28. The van der Waals surface area contributed by atoms with Crippen molar-refractivity contribution in [1.29, 1.82) is 0 Å². The highest BCUT2D eigenvalue weighted by molar-refractivity contribution is 5.91. The van der Waals surface area contributed by atoms with Crippen molar-refractivity contribution in [3.05, 3.63) is 64.0 Å².